The van der Waals surface area contributed by atoms with Crippen LogP contribution in [0.5, 0.6) is 0 Å². The average Bonchev–Trinajstić information content (AvgIpc) is 2.22. The molecular formula is C12H11Cl2FN2. The summed E-state index contributed by atoms with van der Waals surface area (Å²) in [7, 11) is 0. The Bertz CT molecular complexity index is 544. The van der Waals surface area contributed by atoms with E-state index in [0.717, 1.165) is 16.7 Å². The van der Waals surface area contributed by atoms with E-state index < -0.39 is 0 Å². The number of halogens is 3. The van der Waals surface area contributed by atoms with E-state index in [-0.39, 0.29) is 18.2 Å². The molecule has 0 aliphatic carbocycles. The number of nitrogen functional groups attached to an aromatic ring is 1. The molecule has 17 heavy (non-hydrogen) atoms. The number of pyridine rings is 1. The Morgan fingerprint density at radius 1 is 1.24 bits per heavy atom. The highest BCUT2D eigenvalue weighted by Gasteiger charge is 2.07. The second-order valence-corrected chi connectivity index (χ2v) is 3.94. The minimum absolute atomic E-state index is 0. The van der Waals surface area contributed by atoms with Crippen LogP contribution >= 0.6 is 24.0 Å². The van der Waals surface area contributed by atoms with Crippen molar-refractivity contribution in [1.29, 1.82) is 0 Å². The van der Waals surface area contributed by atoms with Crippen LogP contribution in [0.3, 0.4) is 0 Å². The molecule has 0 saturated heterocycles. The maximum Gasteiger partial charge on any atom is 0.129 e. The van der Waals surface area contributed by atoms with Gasteiger partial charge in [0.1, 0.15) is 11.0 Å². The molecule has 1 aromatic carbocycles. The molecule has 2 N–H and O–H groups in total. The van der Waals surface area contributed by atoms with Gasteiger partial charge in [-0.3, -0.25) is 0 Å². The summed E-state index contributed by atoms with van der Waals surface area (Å²) < 4.78 is 13.0. The Hall–Kier alpha value is -1.32. The highest BCUT2D eigenvalue weighted by Crippen LogP contribution is 2.30. The van der Waals surface area contributed by atoms with E-state index in [1.54, 1.807) is 12.1 Å². The maximum atomic E-state index is 13.0. The molecule has 0 atom stereocenters. The van der Waals surface area contributed by atoms with E-state index in [1.165, 1.54) is 18.3 Å². The SMILES string of the molecule is Cc1cc(F)ccc1-c1cc(Cl)ncc1N.Cl. The first-order valence-corrected chi connectivity index (χ1v) is 5.13. The Kier molecular flexibility index (Phi) is 4.32. The molecule has 0 unspecified atom stereocenters. The molecule has 0 bridgehead atoms. The summed E-state index contributed by atoms with van der Waals surface area (Å²) in [4.78, 5) is 3.88. The molecule has 2 rings (SSSR count). The van der Waals surface area contributed by atoms with Crippen LogP contribution in [0.1, 0.15) is 5.56 Å². The van der Waals surface area contributed by atoms with Gasteiger partial charge < -0.3 is 5.73 Å². The minimum atomic E-state index is -0.264. The average molecular weight is 273 g/mol. The largest absolute Gasteiger partial charge is 0.397 e. The van der Waals surface area contributed by atoms with Crippen LogP contribution < -0.4 is 5.73 Å². The lowest BCUT2D eigenvalue weighted by atomic mass is 10.0. The summed E-state index contributed by atoms with van der Waals surface area (Å²) in [6.07, 6.45) is 1.50. The van der Waals surface area contributed by atoms with Gasteiger partial charge in [-0.1, -0.05) is 17.7 Å². The summed E-state index contributed by atoms with van der Waals surface area (Å²) in [5.74, 6) is -0.264. The van der Waals surface area contributed by atoms with Crippen LogP contribution in [0.2, 0.25) is 5.15 Å². The third-order valence-corrected chi connectivity index (χ3v) is 2.59. The number of benzene rings is 1. The molecule has 1 aromatic heterocycles. The van der Waals surface area contributed by atoms with Gasteiger partial charge in [0.05, 0.1) is 11.9 Å². The summed E-state index contributed by atoms with van der Waals surface area (Å²) in [5, 5.41) is 0.368. The fourth-order valence-electron chi connectivity index (χ4n) is 1.60. The second-order valence-electron chi connectivity index (χ2n) is 3.55. The lowest BCUT2D eigenvalue weighted by Gasteiger charge is -2.09. The van der Waals surface area contributed by atoms with E-state index in [4.69, 9.17) is 17.3 Å². The Labute approximate surface area is 110 Å². The molecule has 2 nitrogen and oxygen atoms in total. The summed E-state index contributed by atoms with van der Waals surface area (Å²) in [6.45, 7) is 1.83. The molecular weight excluding hydrogens is 262 g/mol. The van der Waals surface area contributed by atoms with E-state index in [2.05, 4.69) is 4.98 Å². The fourth-order valence-corrected chi connectivity index (χ4v) is 1.76. The molecule has 5 heteroatoms. The molecule has 0 spiro atoms. The highest BCUT2D eigenvalue weighted by atomic mass is 35.5. The first-order chi connectivity index (χ1) is 7.58. The van der Waals surface area contributed by atoms with E-state index in [0.29, 0.717) is 10.8 Å². The number of aryl methyl sites for hydroxylation is 1. The van der Waals surface area contributed by atoms with E-state index in [1.807, 2.05) is 6.92 Å². The van der Waals surface area contributed by atoms with Crippen molar-refractivity contribution in [3.63, 3.8) is 0 Å². The summed E-state index contributed by atoms with van der Waals surface area (Å²) in [5.41, 5.74) is 8.79. The molecule has 2 aromatic rings. The third-order valence-electron chi connectivity index (χ3n) is 2.38. The maximum absolute atomic E-state index is 13.0. The quantitative estimate of drug-likeness (QED) is 0.801. The Morgan fingerprint density at radius 2 is 1.94 bits per heavy atom. The smallest absolute Gasteiger partial charge is 0.129 e. The summed E-state index contributed by atoms with van der Waals surface area (Å²) >= 11 is 5.81. The van der Waals surface area contributed by atoms with E-state index in [9.17, 15) is 4.39 Å². The monoisotopic (exact) mass is 272 g/mol. The highest BCUT2D eigenvalue weighted by molar-refractivity contribution is 6.29. The number of hydrogen-bond donors (Lipinski definition) is 1. The topological polar surface area (TPSA) is 38.9 Å². The number of nitrogens with zero attached hydrogens (tertiary/aromatic N) is 1. The number of aromatic nitrogens is 1. The van der Waals surface area contributed by atoms with Gasteiger partial charge >= 0.3 is 0 Å². The van der Waals surface area contributed by atoms with Crippen molar-refractivity contribution in [2.24, 2.45) is 0 Å². The molecule has 90 valence electrons. The normalized spacial score (nSPS) is 9.82. The van der Waals surface area contributed by atoms with Crippen molar-refractivity contribution in [2.75, 3.05) is 5.73 Å². The number of rotatable bonds is 1. The summed E-state index contributed by atoms with van der Waals surface area (Å²) in [6, 6.07) is 6.23. The van der Waals surface area contributed by atoms with Crippen LogP contribution in [0.25, 0.3) is 11.1 Å². The first kappa shape index (κ1) is 13.7. The van der Waals surface area contributed by atoms with Gasteiger partial charge in [0.15, 0.2) is 0 Å². The molecule has 0 saturated carbocycles. The van der Waals surface area contributed by atoms with Gasteiger partial charge in [0, 0.05) is 5.56 Å². The molecule has 0 amide bonds. The number of anilines is 1. The van der Waals surface area contributed by atoms with Gasteiger partial charge in [-0.2, -0.15) is 0 Å². The number of nitrogens with two attached hydrogens (primary N) is 1. The third kappa shape index (κ3) is 2.87. The molecule has 0 radical (unpaired) electrons. The van der Waals surface area contributed by atoms with Gasteiger partial charge in [-0.15, -0.1) is 12.4 Å². The van der Waals surface area contributed by atoms with Gasteiger partial charge in [-0.05, 0) is 36.2 Å². The first-order valence-electron chi connectivity index (χ1n) is 4.75. The van der Waals surface area contributed by atoms with E-state index >= 15 is 0 Å². The fraction of sp³-hybridized carbons (Fsp3) is 0.0833. The lowest BCUT2D eigenvalue weighted by Crippen LogP contribution is -1.94. The Balaban J connectivity index is 0.00000144. The minimum Gasteiger partial charge on any atom is -0.397 e. The lowest BCUT2D eigenvalue weighted by molar-refractivity contribution is 0.627. The number of hydrogen-bond acceptors (Lipinski definition) is 2. The van der Waals surface area contributed by atoms with Crippen LogP contribution in [0.15, 0.2) is 30.5 Å². The van der Waals surface area contributed by atoms with Gasteiger partial charge in [-0.25, -0.2) is 9.37 Å². The standard InChI is InChI=1S/C12H10ClFN2.ClH/c1-7-4-8(14)2-3-9(7)10-5-12(13)16-6-11(10)15;/h2-6H,15H2,1H3;1H. The zero-order valence-electron chi connectivity index (χ0n) is 9.08. The zero-order chi connectivity index (χ0) is 11.7. The second kappa shape index (κ2) is 5.34. The van der Waals surface area contributed by atoms with Gasteiger partial charge in [0.25, 0.3) is 0 Å². The van der Waals surface area contributed by atoms with Crippen molar-refractivity contribution < 1.29 is 4.39 Å². The van der Waals surface area contributed by atoms with Crippen LogP contribution in [-0.2, 0) is 0 Å². The Morgan fingerprint density at radius 3 is 2.59 bits per heavy atom. The predicted molar refractivity (Wildman–Crippen MR) is 71.0 cm³/mol. The van der Waals surface area contributed by atoms with Crippen LogP contribution in [0.4, 0.5) is 10.1 Å². The molecule has 0 aliphatic rings. The van der Waals surface area contributed by atoms with Crippen molar-refractivity contribution >= 4 is 29.7 Å². The van der Waals surface area contributed by atoms with Crippen molar-refractivity contribution in [3.05, 3.63) is 47.0 Å². The van der Waals surface area contributed by atoms with Gasteiger partial charge in [0.2, 0.25) is 0 Å². The predicted octanol–water partition coefficient (Wildman–Crippen LogP) is 3.85. The van der Waals surface area contributed by atoms with Crippen LogP contribution in [0, 0.1) is 12.7 Å². The van der Waals surface area contributed by atoms with Crippen LogP contribution in [-0.4, -0.2) is 4.98 Å². The molecule has 0 aliphatic heterocycles. The molecule has 0 fully saturated rings. The van der Waals surface area contributed by atoms with Crippen molar-refractivity contribution in [2.45, 2.75) is 6.92 Å². The zero-order valence-corrected chi connectivity index (χ0v) is 10.6. The van der Waals surface area contributed by atoms with Crippen molar-refractivity contribution in [3.8, 4) is 11.1 Å². The molecule has 1 heterocycles. The van der Waals surface area contributed by atoms with Crippen molar-refractivity contribution in [1.82, 2.24) is 4.98 Å².